The molecule has 2 rings (SSSR count). The van der Waals surface area contributed by atoms with Gasteiger partial charge in [0.1, 0.15) is 0 Å². The predicted molar refractivity (Wildman–Crippen MR) is 116 cm³/mol. The molecule has 0 saturated carbocycles. The molecule has 8 heteroatoms. The Morgan fingerprint density at radius 1 is 1.32 bits per heavy atom. The third kappa shape index (κ3) is 8.30. The van der Waals surface area contributed by atoms with Crippen LogP contribution >= 0.6 is 47.2 Å². The van der Waals surface area contributed by atoms with Crippen molar-refractivity contribution in [3.63, 3.8) is 0 Å². The molecule has 0 aromatic heterocycles. The summed E-state index contributed by atoms with van der Waals surface area (Å²) in [6.45, 7) is 7.59. The molecule has 0 spiro atoms. The van der Waals surface area contributed by atoms with Crippen molar-refractivity contribution >= 4 is 53.1 Å². The van der Waals surface area contributed by atoms with E-state index in [0.29, 0.717) is 16.0 Å². The van der Waals surface area contributed by atoms with Crippen molar-refractivity contribution in [1.82, 2.24) is 10.2 Å². The van der Waals surface area contributed by atoms with Gasteiger partial charge in [-0.15, -0.1) is 24.0 Å². The number of ether oxygens (including phenoxy) is 1. The second-order valence-corrected chi connectivity index (χ2v) is 6.80. The minimum absolute atomic E-state index is 0. The zero-order chi connectivity index (χ0) is 17.4. The zero-order valence-electron chi connectivity index (χ0n) is 14.5. The highest BCUT2D eigenvalue weighted by Gasteiger charge is 2.11. The maximum Gasteiger partial charge on any atom is 0.189 e. The molecule has 1 aliphatic rings. The van der Waals surface area contributed by atoms with E-state index < -0.39 is 0 Å². The Bertz CT molecular complexity index is 553. The molecule has 1 saturated heterocycles. The number of nitrogens with two attached hydrogens (primary N) is 1. The van der Waals surface area contributed by atoms with Gasteiger partial charge in [-0.3, -0.25) is 9.89 Å². The molecular weight excluding hydrogens is 474 g/mol. The van der Waals surface area contributed by atoms with Crippen LogP contribution in [0.25, 0.3) is 0 Å². The van der Waals surface area contributed by atoms with Crippen molar-refractivity contribution in [3.8, 4) is 0 Å². The van der Waals surface area contributed by atoms with E-state index in [0.717, 1.165) is 57.8 Å². The van der Waals surface area contributed by atoms with Crippen LogP contribution < -0.4 is 11.1 Å². The molecule has 0 radical (unpaired) electrons. The highest BCUT2D eigenvalue weighted by atomic mass is 127. The molecule has 1 heterocycles. The molecule has 0 amide bonds. The van der Waals surface area contributed by atoms with Gasteiger partial charge in [-0.05, 0) is 44.0 Å². The topological polar surface area (TPSA) is 62.9 Å². The van der Waals surface area contributed by atoms with E-state index in [4.69, 9.17) is 33.7 Å². The molecule has 25 heavy (non-hydrogen) atoms. The van der Waals surface area contributed by atoms with Crippen molar-refractivity contribution in [2.75, 3.05) is 39.4 Å². The average molecular weight is 501 g/mol. The first kappa shape index (κ1) is 22.8. The standard InChI is InChI=1S/C17H26Cl2N4O.HI/c1-13(15-5-4-14(18)12-16(15)19)22-17(20)21-6-2-3-7-23-8-10-24-11-9-23;/h4-5,12-13H,2-3,6-11H2,1H3,(H3,20,21,22);1H. The molecule has 1 atom stereocenters. The number of nitrogens with zero attached hydrogens (tertiary/aromatic N) is 2. The zero-order valence-corrected chi connectivity index (χ0v) is 18.4. The van der Waals surface area contributed by atoms with Crippen LogP contribution in [-0.2, 0) is 4.74 Å². The SMILES string of the molecule is CC(NC(N)=NCCCCN1CCOCC1)c1ccc(Cl)cc1Cl.I. The van der Waals surface area contributed by atoms with E-state index in [1.807, 2.05) is 19.1 Å². The normalized spacial score (nSPS) is 17.0. The number of aliphatic imine (C=N–C) groups is 1. The highest BCUT2D eigenvalue weighted by Crippen LogP contribution is 2.25. The van der Waals surface area contributed by atoms with Gasteiger partial charge in [-0.25, -0.2) is 0 Å². The van der Waals surface area contributed by atoms with Gasteiger partial charge in [0.15, 0.2) is 5.96 Å². The first-order valence-corrected chi connectivity index (χ1v) is 9.13. The molecule has 0 bridgehead atoms. The Hall–Kier alpha value is -0.280. The molecular formula is C17H27Cl2IN4O. The third-order valence-electron chi connectivity index (χ3n) is 4.06. The molecule has 1 unspecified atom stereocenters. The van der Waals surface area contributed by atoms with Gasteiger partial charge < -0.3 is 15.8 Å². The minimum Gasteiger partial charge on any atom is -0.379 e. The lowest BCUT2D eigenvalue weighted by Crippen LogP contribution is -2.37. The van der Waals surface area contributed by atoms with Gasteiger partial charge in [0.25, 0.3) is 0 Å². The van der Waals surface area contributed by atoms with Crippen molar-refractivity contribution < 1.29 is 4.74 Å². The average Bonchev–Trinajstić information content (AvgIpc) is 2.55. The van der Waals surface area contributed by atoms with Crippen LogP contribution in [0.3, 0.4) is 0 Å². The Morgan fingerprint density at radius 2 is 2.04 bits per heavy atom. The summed E-state index contributed by atoms with van der Waals surface area (Å²) in [5.41, 5.74) is 6.91. The van der Waals surface area contributed by atoms with Crippen molar-refractivity contribution in [1.29, 1.82) is 0 Å². The largest absolute Gasteiger partial charge is 0.379 e. The summed E-state index contributed by atoms with van der Waals surface area (Å²) >= 11 is 12.1. The number of nitrogens with one attached hydrogen (secondary N) is 1. The summed E-state index contributed by atoms with van der Waals surface area (Å²) in [4.78, 5) is 6.82. The van der Waals surface area contributed by atoms with E-state index in [1.165, 1.54) is 0 Å². The number of guanidine groups is 1. The number of benzene rings is 1. The maximum absolute atomic E-state index is 6.21. The Morgan fingerprint density at radius 3 is 2.72 bits per heavy atom. The second-order valence-electron chi connectivity index (χ2n) is 5.96. The van der Waals surface area contributed by atoms with Gasteiger partial charge in [0.2, 0.25) is 0 Å². The summed E-state index contributed by atoms with van der Waals surface area (Å²) in [5.74, 6) is 0.444. The maximum atomic E-state index is 6.21. The monoisotopic (exact) mass is 500 g/mol. The van der Waals surface area contributed by atoms with Crippen LogP contribution in [0.1, 0.15) is 31.4 Å². The number of unbranched alkanes of at least 4 members (excludes halogenated alkanes) is 1. The fourth-order valence-electron chi connectivity index (χ4n) is 2.67. The van der Waals surface area contributed by atoms with Crippen LogP contribution in [0.15, 0.2) is 23.2 Å². The van der Waals surface area contributed by atoms with Crippen LogP contribution in [0.5, 0.6) is 0 Å². The Balaban J connectivity index is 0.00000312. The van der Waals surface area contributed by atoms with Gasteiger partial charge in [0, 0.05) is 29.7 Å². The quantitative estimate of drug-likeness (QED) is 0.259. The number of morpholine rings is 1. The van der Waals surface area contributed by atoms with E-state index in [1.54, 1.807) is 6.07 Å². The lowest BCUT2D eigenvalue weighted by Gasteiger charge is -2.26. The third-order valence-corrected chi connectivity index (χ3v) is 4.62. The molecule has 0 aliphatic carbocycles. The molecule has 5 nitrogen and oxygen atoms in total. The lowest BCUT2D eigenvalue weighted by molar-refractivity contribution is 0.0373. The van der Waals surface area contributed by atoms with Gasteiger partial charge in [-0.1, -0.05) is 29.3 Å². The highest BCUT2D eigenvalue weighted by molar-refractivity contribution is 14.0. The smallest absolute Gasteiger partial charge is 0.189 e. The first-order chi connectivity index (χ1) is 11.6. The van der Waals surface area contributed by atoms with Crippen LogP contribution in [0.4, 0.5) is 0 Å². The van der Waals surface area contributed by atoms with E-state index in [2.05, 4.69) is 15.2 Å². The molecule has 3 N–H and O–H groups in total. The molecule has 1 fully saturated rings. The number of halogens is 3. The first-order valence-electron chi connectivity index (χ1n) is 8.38. The van der Waals surface area contributed by atoms with Gasteiger partial charge in [-0.2, -0.15) is 0 Å². The van der Waals surface area contributed by atoms with Crippen molar-refractivity contribution in [2.45, 2.75) is 25.8 Å². The van der Waals surface area contributed by atoms with E-state index >= 15 is 0 Å². The molecule has 1 aromatic rings. The fraction of sp³-hybridized carbons (Fsp3) is 0.588. The minimum atomic E-state index is -0.0214. The van der Waals surface area contributed by atoms with E-state index in [9.17, 15) is 0 Å². The Kier molecular flexibility index (Phi) is 11.1. The summed E-state index contributed by atoms with van der Waals surface area (Å²) in [5, 5.41) is 4.42. The van der Waals surface area contributed by atoms with Crippen LogP contribution in [-0.4, -0.2) is 50.3 Å². The summed E-state index contributed by atoms with van der Waals surface area (Å²) in [6, 6.07) is 5.43. The summed E-state index contributed by atoms with van der Waals surface area (Å²) in [7, 11) is 0. The summed E-state index contributed by atoms with van der Waals surface area (Å²) < 4.78 is 5.34. The summed E-state index contributed by atoms with van der Waals surface area (Å²) in [6.07, 6.45) is 2.14. The number of hydrogen-bond acceptors (Lipinski definition) is 3. The predicted octanol–water partition coefficient (Wildman–Crippen LogP) is 3.69. The molecule has 1 aliphatic heterocycles. The second kappa shape index (κ2) is 12.2. The lowest BCUT2D eigenvalue weighted by atomic mass is 10.1. The van der Waals surface area contributed by atoms with Crippen molar-refractivity contribution in [3.05, 3.63) is 33.8 Å². The van der Waals surface area contributed by atoms with Crippen LogP contribution in [0, 0.1) is 0 Å². The van der Waals surface area contributed by atoms with Gasteiger partial charge in [0.05, 0.1) is 19.3 Å². The van der Waals surface area contributed by atoms with E-state index in [-0.39, 0.29) is 30.0 Å². The molecule has 142 valence electrons. The molecule has 1 aromatic carbocycles. The fourth-order valence-corrected chi connectivity index (χ4v) is 3.24. The van der Waals surface area contributed by atoms with Gasteiger partial charge >= 0.3 is 0 Å². The van der Waals surface area contributed by atoms with Crippen molar-refractivity contribution in [2.24, 2.45) is 10.7 Å². The Labute approximate surface area is 177 Å². The number of hydrogen-bond donors (Lipinski definition) is 2. The number of rotatable bonds is 7. The van der Waals surface area contributed by atoms with Crippen LogP contribution in [0.2, 0.25) is 10.0 Å².